The molecule has 0 fully saturated rings. The Balaban J connectivity index is 1.28. The van der Waals surface area contributed by atoms with Crippen LogP contribution in [0.4, 0.5) is 32.4 Å². The number of benzene rings is 3. The average Bonchev–Trinajstić information content (AvgIpc) is 3.49. The molecule has 3 aromatic rings. The summed E-state index contributed by atoms with van der Waals surface area (Å²) in [6.45, 7) is -0.0167. The lowest BCUT2D eigenvalue weighted by atomic mass is 9.90. The van der Waals surface area contributed by atoms with Gasteiger partial charge in [-0.25, -0.2) is 14.2 Å². The van der Waals surface area contributed by atoms with Crippen LogP contribution in [0, 0.1) is 5.82 Å². The molecule has 0 radical (unpaired) electrons. The summed E-state index contributed by atoms with van der Waals surface area (Å²) in [4.78, 5) is 13.0. The van der Waals surface area contributed by atoms with Gasteiger partial charge in [-0.2, -0.15) is 5.10 Å². The zero-order valence-electron chi connectivity index (χ0n) is 18.4. The molecule has 37 heavy (non-hydrogen) atoms. The fourth-order valence-electron chi connectivity index (χ4n) is 4.17. The number of hydrazone groups is 1. The van der Waals surface area contributed by atoms with Gasteiger partial charge in [0.25, 0.3) is 0 Å². The zero-order chi connectivity index (χ0) is 25.9. The smallest absolute Gasteiger partial charge is 0.395 e. The third kappa shape index (κ3) is 4.32. The van der Waals surface area contributed by atoms with Crippen LogP contribution < -0.4 is 24.3 Å². The topological polar surface area (TPSA) is 81.6 Å². The number of carbonyl (C=O) groups is 1. The van der Waals surface area contributed by atoms with E-state index >= 15 is 0 Å². The number of hydrogen-bond acceptors (Lipinski definition) is 6. The Morgan fingerprint density at radius 3 is 2.11 bits per heavy atom. The van der Waals surface area contributed by atoms with Crippen LogP contribution in [0.15, 0.2) is 65.8 Å². The molecule has 0 saturated heterocycles. The minimum absolute atomic E-state index is 0.0167. The highest BCUT2D eigenvalue weighted by Gasteiger charge is 2.45. The largest absolute Gasteiger partial charge is 0.586 e. The van der Waals surface area contributed by atoms with Crippen molar-refractivity contribution in [3.63, 3.8) is 0 Å². The highest BCUT2D eigenvalue weighted by atomic mass is 19.3. The van der Waals surface area contributed by atoms with Crippen LogP contribution in [0.3, 0.4) is 0 Å². The first-order chi connectivity index (χ1) is 17.6. The summed E-state index contributed by atoms with van der Waals surface area (Å²) in [7, 11) is 0. The van der Waals surface area contributed by atoms with Gasteiger partial charge in [-0.05, 0) is 47.5 Å². The van der Waals surface area contributed by atoms with Gasteiger partial charge in [-0.3, -0.25) is 0 Å². The Hall–Kier alpha value is -4.55. The number of fused-ring (bicyclic) bond motifs is 2. The Bertz CT molecular complexity index is 1450. The van der Waals surface area contributed by atoms with Gasteiger partial charge in [0.2, 0.25) is 0 Å². The minimum atomic E-state index is -3.81. The van der Waals surface area contributed by atoms with Gasteiger partial charge in [0.05, 0.1) is 12.3 Å². The molecular weight excluding hydrogens is 505 g/mol. The Kier molecular flexibility index (Phi) is 4.94. The SMILES string of the molecule is O=C(Nc1ccc2c(c1)OC(F)(F)O2)N1CC(c2ccc3c(c2)OC(F)(F)O3)C(c2ccc(F)cc2)=N1. The predicted octanol–water partition coefficient (Wildman–Crippen LogP) is 5.50. The maximum atomic E-state index is 13.5. The lowest BCUT2D eigenvalue weighted by Gasteiger charge is -2.16. The molecule has 0 aromatic heterocycles. The molecule has 0 saturated carbocycles. The highest BCUT2D eigenvalue weighted by Crippen LogP contribution is 2.44. The number of anilines is 1. The second-order valence-electron chi connectivity index (χ2n) is 8.26. The van der Waals surface area contributed by atoms with Crippen molar-refractivity contribution in [3.05, 3.63) is 77.6 Å². The van der Waals surface area contributed by atoms with Crippen molar-refractivity contribution in [2.75, 3.05) is 11.9 Å². The van der Waals surface area contributed by atoms with E-state index in [-0.39, 0.29) is 35.2 Å². The third-order valence-corrected chi connectivity index (χ3v) is 5.77. The fourth-order valence-corrected chi connectivity index (χ4v) is 4.17. The number of hydrogen-bond donors (Lipinski definition) is 1. The van der Waals surface area contributed by atoms with Crippen molar-refractivity contribution in [2.24, 2.45) is 5.10 Å². The van der Waals surface area contributed by atoms with Gasteiger partial charge >= 0.3 is 18.6 Å². The highest BCUT2D eigenvalue weighted by molar-refractivity contribution is 6.08. The van der Waals surface area contributed by atoms with E-state index in [1.54, 1.807) is 0 Å². The normalized spacial score (nSPS) is 20.1. The lowest BCUT2D eigenvalue weighted by molar-refractivity contribution is -0.287. The molecule has 1 atom stereocenters. The number of halogens is 5. The molecule has 2 amide bonds. The molecule has 6 rings (SSSR count). The molecule has 3 aliphatic rings. The molecule has 0 aliphatic carbocycles. The van der Waals surface area contributed by atoms with E-state index in [2.05, 4.69) is 29.4 Å². The summed E-state index contributed by atoms with van der Waals surface area (Å²) in [5.41, 5.74) is 1.49. The summed E-state index contributed by atoms with van der Waals surface area (Å²) in [6.07, 6.45) is -7.61. The van der Waals surface area contributed by atoms with Crippen molar-refractivity contribution >= 4 is 17.4 Å². The zero-order valence-corrected chi connectivity index (χ0v) is 18.4. The number of urea groups is 1. The second-order valence-corrected chi connectivity index (χ2v) is 8.26. The summed E-state index contributed by atoms with van der Waals surface area (Å²) in [5.74, 6) is -1.85. The average molecular weight is 519 g/mol. The van der Waals surface area contributed by atoms with Crippen LogP contribution in [-0.2, 0) is 0 Å². The van der Waals surface area contributed by atoms with Crippen LogP contribution >= 0.6 is 0 Å². The van der Waals surface area contributed by atoms with Gasteiger partial charge in [-0.1, -0.05) is 18.2 Å². The molecule has 0 spiro atoms. The summed E-state index contributed by atoms with van der Waals surface area (Å²) >= 11 is 0. The van der Waals surface area contributed by atoms with Crippen molar-refractivity contribution < 1.29 is 45.7 Å². The molecule has 3 aromatic carbocycles. The molecule has 1 unspecified atom stereocenters. The van der Waals surface area contributed by atoms with Crippen LogP contribution in [0.25, 0.3) is 0 Å². The minimum Gasteiger partial charge on any atom is -0.395 e. The summed E-state index contributed by atoms with van der Waals surface area (Å²) in [5, 5.41) is 8.01. The van der Waals surface area contributed by atoms with Gasteiger partial charge < -0.3 is 24.3 Å². The standard InChI is InChI=1S/C24H14F5N3O5/c25-14-4-1-12(2-5-14)21-16(13-3-7-17-19(9-13)36-23(26,27)34-17)11-32(31-21)22(33)30-15-6-8-18-20(10-15)37-24(28,29)35-18/h1-10,16H,11H2,(H,30,33). The summed E-state index contributed by atoms with van der Waals surface area (Å²) < 4.78 is 84.8. The van der Waals surface area contributed by atoms with E-state index in [1.165, 1.54) is 60.7 Å². The molecule has 190 valence electrons. The van der Waals surface area contributed by atoms with Gasteiger partial charge in [-0.15, -0.1) is 17.6 Å². The predicted molar refractivity (Wildman–Crippen MR) is 117 cm³/mol. The second kappa shape index (κ2) is 7.98. The number of nitrogens with zero attached hydrogens (tertiary/aromatic N) is 2. The molecule has 0 bridgehead atoms. The van der Waals surface area contributed by atoms with Gasteiger partial charge in [0, 0.05) is 17.7 Å². The maximum absolute atomic E-state index is 13.5. The number of amides is 2. The quantitative estimate of drug-likeness (QED) is 0.462. The monoisotopic (exact) mass is 519 g/mol. The lowest BCUT2D eigenvalue weighted by Crippen LogP contribution is -2.30. The molecular formula is C24H14F5N3O5. The first kappa shape index (κ1) is 22.9. The van der Waals surface area contributed by atoms with E-state index in [9.17, 15) is 26.7 Å². The van der Waals surface area contributed by atoms with Crippen LogP contribution in [0.1, 0.15) is 17.0 Å². The Morgan fingerprint density at radius 2 is 1.43 bits per heavy atom. The number of carbonyl (C=O) groups excluding carboxylic acids is 1. The van der Waals surface area contributed by atoms with E-state index in [4.69, 9.17) is 0 Å². The van der Waals surface area contributed by atoms with Crippen molar-refractivity contribution in [3.8, 4) is 23.0 Å². The van der Waals surface area contributed by atoms with Crippen molar-refractivity contribution in [1.82, 2.24) is 5.01 Å². The van der Waals surface area contributed by atoms with Crippen molar-refractivity contribution in [1.29, 1.82) is 0 Å². The van der Waals surface area contributed by atoms with Crippen LogP contribution in [0.5, 0.6) is 23.0 Å². The summed E-state index contributed by atoms with van der Waals surface area (Å²) in [6, 6.07) is 12.6. The Morgan fingerprint density at radius 1 is 0.838 bits per heavy atom. The van der Waals surface area contributed by atoms with Gasteiger partial charge in [0.1, 0.15) is 5.82 Å². The number of alkyl halides is 4. The third-order valence-electron chi connectivity index (χ3n) is 5.77. The van der Waals surface area contributed by atoms with E-state index in [0.717, 1.165) is 5.01 Å². The first-order valence-electron chi connectivity index (χ1n) is 10.8. The molecule has 8 nitrogen and oxygen atoms in total. The maximum Gasteiger partial charge on any atom is 0.586 e. The van der Waals surface area contributed by atoms with E-state index in [0.29, 0.717) is 16.8 Å². The molecule has 1 N–H and O–H groups in total. The number of nitrogens with one attached hydrogen (secondary N) is 1. The van der Waals surface area contributed by atoms with Crippen LogP contribution in [-0.4, -0.2) is 35.9 Å². The number of rotatable bonds is 3. The molecule has 3 heterocycles. The fraction of sp³-hybridized carbons (Fsp3) is 0.167. The first-order valence-corrected chi connectivity index (χ1v) is 10.8. The molecule has 3 aliphatic heterocycles. The van der Waals surface area contributed by atoms with E-state index in [1.807, 2.05) is 0 Å². The number of ether oxygens (including phenoxy) is 4. The Labute approximate surface area is 204 Å². The van der Waals surface area contributed by atoms with Crippen molar-refractivity contribution in [2.45, 2.75) is 18.5 Å². The van der Waals surface area contributed by atoms with Gasteiger partial charge in [0.15, 0.2) is 23.0 Å². The van der Waals surface area contributed by atoms with Crippen LogP contribution in [0.2, 0.25) is 0 Å². The van der Waals surface area contributed by atoms with E-state index < -0.39 is 30.4 Å². The molecule has 13 heteroatoms.